The zero-order chi connectivity index (χ0) is 10.7. The van der Waals surface area contributed by atoms with E-state index < -0.39 is 12.1 Å². The van der Waals surface area contributed by atoms with Gasteiger partial charge in [0, 0.05) is 0 Å². The van der Waals surface area contributed by atoms with Crippen LogP contribution in [0.5, 0.6) is 0 Å². The van der Waals surface area contributed by atoms with E-state index in [0.29, 0.717) is 18.8 Å². The van der Waals surface area contributed by atoms with Crippen LogP contribution in [0.15, 0.2) is 30.3 Å². The Morgan fingerprint density at radius 3 is 2.53 bits per heavy atom. The average molecular weight is 208 g/mol. The van der Waals surface area contributed by atoms with Gasteiger partial charge in [-0.2, -0.15) is 0 Å². The van der Waals surface area contributed by atoms with Crippen LogP contribution in [0.1, 0.15) is 11.7 Å². The monoisotopic (exact) mass is 208 g/mol. The molecule has 4 nitrogen and oxygen atoms in total. The van der Waals surface area contributed by atoms with Crippen LogP contribution in [0.25, 0.3) is 0 Å². The SMILES string of the molecule is O=C(O)C(OC1COC1)c1ccccc1. The summed E-state index contributed by atoms with van der Waals surface area (Å²) in [6, 6.07) is 8.93. The maximum Gasteiger partial charge on any atom is 0.337 e. The molecule has 1 unspecified atom stereocenters. The first-order chi connectivity index (χ1) is 7.27. The van der Waals surface area contributed by atoms with Gasteiger partial charge in [0.05, 0.1) is 13.2 Å². The van der Waals surface area contributed by atoms with Gasteiger partial charge < -0.3 is 14.6 Å². The van der Waals surface area contributed by atoms with E-state index in [4.69, 9.17) is 14.6 Å². The molecule has 1 fully saturated rings. The third-order valence-corrected chi connectivity index (χ3v) is 2.26. The van der Waals surface area contributed by atoms with Gasteiger partial charge in [0.15, 0.2) is 6.10 Å². The molecule has 1 aliphatic rings. The highest BCUT2D eigenvalue weighted by Gasteiger charge is 2.28. The van der Waals surface area contributed by atoms with Crippen LogP contribution in [0.2, 0.25) is 0 Å². The largest absolute Gasteiger partial charge is 0.479 e. The molecule has 1 atom stereocenters. The number of hydrogen-bond acceptors (Lipinski definition) is 3. The Bertz CT molecular complexity index is 332. The minimum atomic E-state index is -0.965. The molecule has 0 saturated carbocycles. The lowest BCUT2D eigenvalue weighted by molar-refractivity contribution is -0.180. The van der Waals surface area contributed by atoms with Crippen molar-refractivity contribution in [1.29, 1.82) is 0 Å². The molecule has 1 saturated heterocycles. The van der Waals surface area contributed by atoms with Crippen LogP contribution < -0.4 is 0 Å². The maximum atomic E-state index is 11.0. The van der Waals surface area contributed by atoms with Gasteiger partial charge in [0.25, 0.3) is 0 Å². The zero-order valence-electron chi connectivity index (χ0n) is 8.13. The number of aliphatic carboxylic acids is 1. The second-order valence-electron chi connectivity index (χ2n) is 3.42. The first-order valence-corrected chi connectivity index (χ1v) is 4.78. The molecular formula is C11H12O4. The highest BCUT2D eigenvalue weighted by atomic mass is 16.6. The summed E-state index contributed by atoms with van der Waals surface area (Å²) in [6.07, 6.45) is -0.980. The average Bonchev–Trinajstić information content (AvgIpc) is 2.17. The number of carboxylic acids is 1. The fourth-order valence-electron chi connectivity index (χ4n) is 1.39. The highest BCUT2D eigenvalue weighted by molar-refractivity contribution is 5.74. The summed E-state index contributed by atoms with van der Waals surface area (Å²) in [5, 5.41) is 9.03. The third-order valence-electron chi connectivity index (χ3n) is 2.26. The lowest BCUT2D eigenvalue weighted by Crippen LogP contribution is -2.38. The summed E-state index contributed by atoms with van der Waals surface area (Å²) in [4.78, 5) is 11.0. The minimum Gasteiger partial charge on any atom is -0.479 e. The fourth-order valence-corrected chi connectivity index (χ4v) is 1.39. The van der Waals surface area contributed by atoms with Gasteiger partial charge in [0.2, 0.25) is 0 Å². The molecule has 0 spiro atoms. The summed E-state index contributed by atoms with van der Waals surface area (Å²) in [5.74, 6) is -0.965. The van der Waals surface area contributed by atoms with Gasteiger partial charge in [-0.1, -0.05) is 30.3 Å². The summed E-state index contributed by atoms with van der Waals surface area (Å²) >= 11 is 0. The highest BCUT2D eigenvalue weighted by Crippen LogP contribution is 2.21. The fraction of sp³-hybridized carbons (Fsp3) is 0.364. The molecule has 0 aliphatic carbocycles. The van der Waals surface area contributed by atoms with Gasteiger partial charge in [0.1, 0.15) is 6.10 Å². The summed E-state index contributed by atoms with van der Waals surface area (Å²) in [6.45, 7) is 0.966. The molecule has 1 aromatic carbocycles. The Morgan fingerprint density at radius 1 is 1.40 bits per heavy atom. The van der Waals surface area contributed by atoms with Crippen molar-refractivity contribution >= 4 is 5.97 Å². The molecule has 80 valence electrons. The van der Waals surface area contributed by atoms with Crippen molar-refractivity contribution in [3.8, 4) is 0 Å². The number of rotatable bonds is 4. The van der Waals surface area contributed by atoms with Crippen molar-refractivity contribution in [3.05, 3.63) is 35.9 Å². The number of carbonyl (C=O) groups is 1. The van der Waals surface area contributed by atoms with Crippen molar-refractivity contribution in [2.45, 2.75) is 12.2 Å². The van der Waals surface area contributed by atoms with E-state index in [-0.39, 0.29) is 6.10 Å². The van der Waals surface area contributed by atoms with E-state index in [1.165, 1.54) is 0 Å². The van der Waals surface area contributed by atoms with Crippen LogP contribution in [0.3, 0.4) is 0 Å². The Kier molecular flexibility index (Phi) is 2.99. The molecule has 1 N–H and O–H groups in total. The molecule has 1 aromatic rings. The Hall–Kier alpha value is -1.39. The van der Waals surface area contributed by atoms with E-state index >= 15 is 0 Å². The van der Waals surface area contributed by atoms with Crippen LogP contribution >= 0.6 is 0 Å². The molecule has 15 heavy (non-hydrogen) atoms. The Morgan fingerprint density at radius 2 is 2.07 bits per heavy atom. The van der Waals surface area contributed by atoms with Gasteiger partial charge >= 0.3 is 5.97 Å². The van der Waals surface area contributed by atoms with Gasteiger partial charge in [-0.15, -0.1) is 0 Å². The molecule has 4 heteroatoms. The molecule has 1 aliphatic heterocycles. The number of carboxylic acid groups (broad SMARTS) is 1. The molecular weight excluding hydrogens is 196 g/mol. The normalized spacial score (nSPS) is 18.1. The summed E-state index contributed by atoms with van der Waals surface area (Å²) in [7, 11) is 0. The van der Waals surface area contributed by atoms with Gasteiger partial charge in [-0.25, -0.2) is 4.79 Å². The smallest absolute Gasteiger partial charge is 0.337 e. The quantitative estimate of drug-likeness (QED) is 0.808. The molecule has 0 aromatic heterocycles. The summed E-state index contributed by atoms with van der Waals surface area (Å²) in [5.41, 5.74) is 0.664. The summed E-state index contributed by atoms with van der Waals surface area (Å²) < 4.78 is 10.3. The predicted molar refractivity (Wildman–Crippen MR) is 52.5 cm³/mol. The molecule has 0 bridgehead atoms. The van der Waals surface area contributed by atoms with E-state index in [2.05, 4.69) is 0 Å². The number of benzene rings is 1. The number of ether oxygens (including phenoxy) is 2. The topological polar surface area (TPSA) is 55.8 Å². The van der Waals surface area contributed by atoms with E-state index in [9.17, 15) is 4.79 Å². The standard InChI is InChI=1S/C11H12O4/c12-11(13)10(15-9-6-14-7-9)8-4-2-1-3-5-8/h1-5,9-10H,6-7H2,(H,12,13). The maximum absolute atomic E-state index is 11.0. The van der Waals surface area contributed by atoms with E-state index in [1.54, 1.807) is 24.3 Å². The first kappa shape index (κ1) is 10.1. The van der Waals surface area contributed by atoms with Gasteiger partial charge in [-0.05, 0) is 5.56 Å². The lowest BCUT2D eigenvalue weighted by Gasteiger charge is -2.29. The van der Waals surface area contributed by atoms with Crippen molar-refractivity contribution in [3.63, 3.8) is 0 Å². The van der Waals surface area contributed by atoms with Gasteiger partial charge in [-0.3, -0.25) is 0 Å². The predicted octanol–water partition coefficient (Wildman–Crippen LogP) is 1.23. The van der Waals surface area contributed by atoms with Crippen LogP contribution in [0.4, 0.5) is 0 Å². The van der Waals surface area contributed by atoms with E-state index in [0.717, 1.165) is 0 Å². The second kappa shape index (κ2) is 4.42. The van der Waals surface area contributed by atoms with Crippen LogP contribution in [-0.4, -0.2) is 30.4 Å². The molecule has 0 radical (unpaired) electrons. The Balaban J connectivity index is 2.08. The molecule has 1 heterocycles. The third kappa shape index (κ3) is 2.34. The van der Waals surface area contributed by atoms with Crippen molar-refractivity contribution in [2.24, 2.45) is 0 Å². The Labute approximate surface area is 87.4 Å². The van der Waals surface area contributed by atoms with Crippen molar-refractivity contribution in [2.75, 3.05) is 13.2 Å². The molecule has 0 amide bonds. The van der Waals surface area contributed by atoms with Crippen molar-refractivity contribution in [1.82, 2.24) is 0 Å². The number of hydrogen-bond donors (Lipinski definition) is 1. The van der Waals surface area contributed by atoms with Crippen LogP contribution in [-0.2, 0) is 14.3 Å². The van der Waals surface area contributed by atoms with Crippen molar-refractivity contribution < 1.29 is 19.4 Å². The second-order valence-corrected chi connectivity index (χ2v) is 3.42. The molecule has 2 rings (SSSR count). The minimum absolute atomic E-state index is 0.0914. The first-order valence-electron chi connectivity index (χ1n) is 4.78. The lowest BCUT2D eigenvalue weighted by atomic mass is 10.1. The van der Waals surface area contributed by atoms with E-state index in [1.807, 2.05) is 6.07 Å². The zero-order valence-corrected chi connectivity index (χ0v) is 8.13. The van der Waals surface area contributed by atoms with Crippen LogP contribution in [0, 0.1) is 0 Å².